The summed E-state index contributed by atoms with van der Waals surface area (Å²) in [6.07, 6.45) is -1.71. The van der Waals surface area contributed by atoms with Gasteiger partial charge in [-0.15, -0.1) is 0 Å². The van der Waals surface area contributed by atoms with Crippen molar-refractivity contribution in [2.24, 2.45) is 0 Å². The third-order valence-electron chi connectivity index (χ3n) is 3.19. The Kier molecular flexibility index (Phi) is 7.82. The molecule has 9 nitrogen and oxygen atoms in total. The van der Waals surface area contributed by atoms with Gasteiger partial charge in [-0.2, -0.15) is 0 Å². The summed E-state index contributed by atoms with van der Waals surface area (Å²) in [5, 5.41) is 0. The number of allylic oxidation sites excluding steroid dienone is 2. The van der Waals surface area contributed by atoms with Crippen molar-refractivity contribution in [2.45, 2.75) is 52.1 Å². The molecule has 0 saturated carbocycles. The standard InChI is InChI=1S/C17H22O9/c1-6-7-13-15(23-10(3)19)17(25-12(5)21)16(24-11(4)20)14(26-13)8-22-9(2)18/h6-7,14-17H,1,8H2,2-5H3/b13-7-/t14-,15+,16-,17-/m1/s1. The second-order valence-corrected chi connectivity index (χ2v) is 5.44. The Morgan fingerprint density at radius 2 is 1.46 bits per heavy atom. The Morgan fingerprint density at radius 1 is 0.923 bits per heavy atom. The van der Waals surface area contributed by atoms with Crippen molar-refractivity contribution in [3.8, 4) is 0 Å². The highest BCUT2D eigenvalue weighted by molar-refractivity contribution is 5.69. The van der Waals surface area contributed by atoms with E-state index in [2.05, 4.69) is 6.58 Å². The minimum Gasteiger partial charge on any atom is -0.483 e. The quantitative estimate of drug-likeness (QED) is 0.495. The highest BCUT2D eigenvalue weighted by Crippen LogP contribution is 2.31. The lowest BCUT2D eigenvalue weighted by atomic mass is 9.96. The summed E-state index contributed by atoms with van der Waals surface area (Å²) >= 11 is 0. The number of hydrogen-bond donors (Lipinski definition) is 0. The van der Waals surface area contributed by atoms with Gasteiger partial charge in [0.15, 0.2) is 24.4 Å². The minimum atomic E-state index is -1.19. The fourth-order valence-electron chi connectivity index (χ4n) is 2.39. The molecule has 0 radical (unpaired) electrons. The zero-order chi connectivity index (χ0) is 19.9. The molecule has 144 valence electrons. The first-order valence-corrected chi connectivity index (χ1v) is 7.80. The summed E-state index contributed by atoms with van der Waals surface area (Å²) in [7, 11) is 0. The summed E-state index contributed by atoms with van der Waals surface area (Å²) in [5.41, 5.74) is 0. The normalized spacial score (nSPS) is 26.2. The van der Waals surface area contributed by atoms with Gasteiger partial charge in [-0.3, -0.25) is 19.2 Å². The zero-order valence-corrected chi connectivity index (χ0v) is 15.1. The van der Waals surface area contributed by atoms with Crippen LogP contribution in [-0.4, -0.2) is 54.9 Å². The van der Waals surface area contributed by atoms with Gasteiger partial charge in [-0.1, -0.05) is 12.7 Å². The molecule has 1 heterocycles. The fraction of sp³-hybridized carbons (Fsp3) is 0.529. The highest BCUT2D eigenvalue weighted by atomic mass is 16.7. The van der Waals surface area contributed by atoms with Gasteiger partial charge >= 0.3 is 23.9 Å². The second-order valence-electron chi connectivity index (χ2n) is 5.44. The predicted octanol–water partition coefficient (Wildman–Crippen LogP) is 0.813. The Balaban J connectivity index is 3.31. The molecule has 26 heavy (non-hydrogen) atoms. The SMILES string of the molecule is C=C/C=C1\O[C@H](COC(C)=O)[C@@H](OC(C)=O)[C@H](OC(C)=O)[C@H]1OC(C)=O. The molecule has 0 bridgehead atoms. The van der Waals surface area contributed by atoms with E-state index in [0.29, 0.717) is 0 Å². The van der Waals surface area contributed by atoms with Gasteiger partial charge in [0.2, 0.25) is 0 Å². The molecule has 0 aliphatic carbocycles. The first-order valence-electron chi connectivity index (χ1n) is 7.80. The van der Waals surface area contributed by atoms with Gasteiger partial charge in [-0.25, -0.2) is 0 Å². The predicted molar refractivity (Wildman–Crippen MR) is 86.4 cm³/mol. The Labute approximate surface area is 150 Å². The molecule has 0 unspecified atom stereocenters. The molecule has 0 spiro atoms. The summed E-state index contributed by atoms with van der Waals surface area (Å²) in [6.45, 7) is 7.96. The van der Waals surface area contributed by atoms with Crippen molar-refractivity contribution in [3.05, 3.63) is 24.5 Å². The van der Waals surface area contributed by atoms with E-state index in [1.165, 1.54) is 26.0 Å². The van der Waals surface area contributed by atoms with E-state index in [4.69, 9.17) is 23.7 Å². The van der Waals surface area contributed by atoms with Crippen molar-refractivity contribution in [3.63, 3.8) is 0 Å². The van der Waals surface area contributed by atoms with Crippen molar-refractivity contribution in [2.75, 3.05) is 6.61 Å². The molecule has 0 amide bonds. The van der Waals surface area contributed by atoms with Crippen molar-refractivity contribution in [1.29, 1.82) is 0 Å². The van der Waals surface area contributed by atoms with Gasteiger partial charge in [0, 0.05) is 27.7 Å². The van der Waals surface area contributed by atoms with Crippen LogP contribution in [0.4, 0.5) is 0 Å². The maximum absolute atomic E-state index is 11.5. The first-order chi connectivity index (χ1) is 12.1. The maximum atomic E-state index is 11.5. The second kappa shape index (κ2) is 9.59. The first kappa shape index (κ1) is 21.2. The largest absolute Gasteiger partial charge is 0.483 e. The molecule has 1 fully saturated rings. The number of carbonyl (C=O) groups is 4. The van der Waals surface area contributed by atoms with E-state index in [9.17, 15) is 19.2 Å². The van der Waals surface area contributed by atoms with Crippen LogP contribution in [0.2, 0.25) is 0 Å². The molecule has 0 aromatic carbocycles. The third kappa shape index (κ3) is 6.23. The van der Waals surface area contributed by atoms with E-state index in [1.807, 2.05) is 0 Å². The Morgan fingerprint density at radius 3 is 1.92 bits per heavy atom. The van der Waals surface area contributed by atoms with Crippen LogP contribution in [0.5, 0.6) is 0 Å². The minimum absolute atomic E-state index is 0.113. The van der Waals surface area contributed by atoms with Gasteiger partial charge in [0.05, 0.1) is 0 Å². The number of hydrogen-bond acceptors (Lipinski definition) is 9. The van der Waals surface area contributed by atoms with Crippen molar-refractivity contribution in [1.82, 2.24) is 0 Å². The Bertz CT molecular complexity index is 607. The number of carbonyl (C=O) groups excluding carboxylic acids is 4. The van der Waals surface area contributed by atoms with Crippen molar-refractivity contribution < 1.29 is 42.9 Å². The van der Waals surface area contributed by atoms with Gasteiger partial charge in [0.25, 0.3) is 0 Å². The maximum Gasteiger partial charge on any atom is 0.303 e. The summed E-state index contributed by atoms with van der Waals surface area (Å²) in [5.74, 6) is -2.49. The molecule has 9 heteroatoms. The highest BCUT2D eigenvalue weighted by Gasteiger charge is 2.50. The van der Waals surface area contributed by atoms with Crippen LogP contribution in [0.15, 0.2) is 24.5 Å². The molecular formula is C17H22O9. The summed E-state index contributed by atoms with van der Waals surface area (Å²) < 4.78 is 26.3. The fourth-order valence-corrected chi connectivity index (χ4v) is 2.39. The smallest absolute Gasteiger partial charge is 0.303 e. The zero-order valence-electron chi connectivity index (χ0n) is 15.1. The van der Waals surface area contributed by atoms with Crippen LogP contribution in [0.3, 0.4) is 0 Å². The van der Waals surface area contributed by atoms with E-state index in [-0.39, 0.29) is 12.4 Å². The van der Waals surface area contributed by atoms with E-state index >= 15 is 0 Å². The van der Waals surface area contributed by atoms with Gasteiger partial charge in [0.1, 0.15) is 12.4 Å². The number of ether oxygens (including phenoxy) is 5. The third-order valence-corrected chi connectivity index (χ3v) is 3.19. The van der Waals surface area contributed by atoms with Crippen LogP contribution in [-0.2, 0) is 42.9 Å². The Hall–Kier alpha value is -2.84. The van der Waals surface area contributed by atoms with Crippen LogP contribution >= 0.6 is 0 Å². The lowest BCUT2D eigenvalue weighted by Gasteiger charge is -2.41. The van der Waals surface area contributed by atoms with Crippen molar-refractivity contribution >= 4 is 23.9 Å². The summed E-state index contributed by atoms with van der Waals surface area (Å²) in [6, 6.07) is 0. The van der Waals surface area contributed by atoms with Crippen LogP contribution < -0.4 is 0 Å². The average molecular weight is 370 g/mol. The molecular weight excluding hydrogens is 348 g/mol. The van der Waals surface area contributed by atoms with Crippen LogP contribution in [0, 0.1) is 0 Å². The number of esters is 4. The molecule has 1 saturated heterocycles. The van der Waals surface area contributed by atoms with E-state index in [1.54, 1.807) is 0 Å². The lowest BCUT2D eigenvalue weighted by molar-refractivity contribution is -0.215. The topological polar surface area (TPSA) is 114 Å². The molecule has 1 aliphatic heterocycles. The molecule has 0 aromatic rings. The van der Waals surface area contributed by atoms with E-state index in [0.717, 1.165) is 13.8 Å². The lowest BCUT2D eigenvalue weighted by Crippen LogP contribution is -2.57. The van der Waals surface area contributed by atoms with E-state index < -0.39 is 48.3 Å². The van der Waals surface area contributed by atoms with Crippen LogP contribution in [0.1, 0.15) is 27.7 Å². The molecule has 0 aromatic heterocycles. The monoisotopic (exact) mass is 370 g/mol. The molecule has 1 aliphatic rings. The van der Waals surface area contributed by atoms with Gasteiger partial charge < -0.3 is 23.7 Å². The average Bonchev–Trinajstić information content (AvgIpc) is 2.50. The van der Waals surface area contributed by atoms with Crippen LogP contribution in [0.25, 0.3) is 0 Å². The number of rotatable bonds is 6. The molecule has 0 N–H and O–H groups in total. The molecule has 1 rings (SSSR count). The summed E-state index contributed by atoms with van der Waals surface area (Å²) in [4.78, 5) is 45.6. The van der Waals surface area contributed by atoms with Gasteiger partial charge in [-0.05, 0) is 6.08 Å². The molecule has 4 atom stereocenters.